The SMILES string of the molecule is COC(CCCC(=O)OC(C)(C)C)=NO. The molecule has 0 fully saturated rings. The van der Waals surface area contributed by atoms with Crippen LogP contribution in [0.25, 0.3) is 0 Å². The fourth-order valence-electron chi connectivity index (χ4n) is 0.969. The van der Waals surface area contributed by atoms with Crippen LogP contribution in [-0.2, 0) is 14.3 Å². The predicted octanol–water partition coefficient (Wildman–Crippen LogP) is 1.93. The summed E-state index contributed by atoms with van der Waals surface area (Å²) in [7, 11) is 1.42. The lowest BCUT2D eigenvalue weighted by atomic mass is 10.2. The molecule has 0 unspecified atom stereocenters. The maximum absolute atomic E-state index is 11.3. The van der Waals surface area contributed by atoms with E-state index >= 15 is 0 Å². The van der Waals surface area contributed by atoms with E-state index < -0.39 is 5.60 Å². The minimum atomic E-state index is -0.452. The van der Waals surface area contributed by atoms with E-state index in [-0.39, 0.29) is 11.9 Å². The van der Waals surface area contributed by atoms with Gasteiger partial charge in [-0.05, 0) is 27.2 Å². The first kappa shape index (κ1) is 13.7. The molecule has 0 aliphatic carbocycles. The monoisotopic (exact) mass is 217 g/mol. The first-order chi connectivity index (χ1) is 6.89. The highest BCUT2D eigenvalue weighted by atomic mass is 16.6. The highest BCUT2D eigenvalue weighted by molar-refractivity contribution is 5.76. The summed E-state index contributed by atoms with van der Waals surface area (Å²) in [6, 6.07) is 0. The Balaban J connectivity index is 3.74. The van der Waals surface area contributed by atoms with Gasteiger partial charge in [0.15, 0.2) is 0 Å². The van der Waals surface area contributed by atoms with Gasteiger partial charge >= 0.3 is 5.97 Å². The Kier molecular flexibility index (Phi) is 5.74. The van der Waals surface area contributed by atoms with Gasteiger partial charge in [0.1, 0.15) is 5.60 Å². The summed E-state index contributed by atoms with van der Waals surface area (Å²) in [6.45, 7) is 5.46. The third-order valence-corrected chi connectivity index (χ3v) is 1.54. The van der Waals surface area contributed by atoms with E-state index in [9.17, 15) is 4.79 Å². The van der Waals surface area contributed by atoms with Gasteiger partial charge < -0.3 is 14.7 Å². The van der Waals surface area contributed by atoms with Crippen LogP contribution in [0.2, 0.25) is 0 Å². The van der Waals surface area contributed by atoms with Crippen LogP contribution in [0.4, 0.5) is 0 Å². The van der Waals surface area contributed by atoms with Crippen molar-refractivity contribution in [2.24, 2.45) is 5.16 Å². The number of hydrogen-bond donors (Lipinski definition) is 1. The molecular weight excluding hydrogens is 198 g/mol. The Morgan fingerprint density at radius 3 is 2.33 bits per heavy atom. The largest absolute Gasteiger partial charge is 0.482 e. The van der Waals surface area contributed by atoms with Crippen LogP contribution in [0.15, 0.2) is 5.16 Å². The Bertz CT molecular complexity index is 230. The number of esters is 1. The number of methoxy groups -OCH3 is 1. The fraction of sp³-hybridized carbons (Fsp3) is 0.800. The molecule has 1 N–H and O–H groups in total. The van der Waals surface area contributed by atoms with Crippen molar-refractivity contribution >= 4 is 11.9 Å². The van der Waals surface area contributed by atoms with Crippen LogP contribution >= 0.6 is 0 Å². The van der Waals surface area contributed by atoms with Gasteiger partial charge in [0.2, 0.25) is 5.90 Å². The molecule has 88 valence electrons. The molecule has 0 saturated heterocycles. The Morgan fingerprint density at radius 2 is 1.93 bits per heavy atom. The molecule has 0 amide bonds. The molecule has 0 heterocycles. The van der Waals surface area contributed by atoms with Crippen LogP contribution in [0.3, 0.4) is 0 Å². The highest BCUT2D eigenvalue weighted by Gasteiger charge is 2.15. The molecule has 5 heteroatoms. The number of nitrogens with zero attached hydrogens (tertiary/aromatic N) is 1. The van der Waals surface area contributed by atoms with Crippen molar-refractivity contribution in [3.05, 3.63) is 0 Å². The Hall–Kier alpha value is -1.26. The average molecular weight is 217 g/mol. The van der Waals surface area contributed by atoms with E-state index in [1.54, 1.807) is 0 Å². The molecule has 0 aromatic heterocycles. The summed E-state index contributed by atoms with van der Waals surface area (Å²) >= 11 is 0. The summed E-state index contributed by atoms with van der Waals surface area (Å²) in [5, 5.41) is 11.3. The number of carbonyl (C=O) groups is 1. The summed E-state index contributed by atoms with van der Waals surface area (Å²) in [5.41, 5.74) is -0.452. The molecule has 0 aromatic carbocycles. The summed E-state index contributed by atoms with van der Waals surface area (Å²) in [5.74, 6) is -0.0329. The summed E-state index contributed by atoms with van der Waals surface area (Å²) in [6.07, 6.45) is 1.26. The molecule has 0 aliphatic rings. The van der Waals surface area contributed by atoms with E-state index in [0.717, 1.165) is 0 Å². The van der Waals surface area contributed by atoms with Gasteiger partial charge in [-0.25, -0.2) is 0 Å². The standard InChI is InChI=1S/C10H19NO4/c1-10(2,3)15-9(12)7-5-6-8(11-13)14-4/h13H,5-7H2,1-4H3. The zero-order valence-corrected chi connectivity index (χ0v) is 9.74. The van der Waals surface area contributed by atoms with Gasteiger partial charge in [-0.1, -0.05) is 5.16 Å². The van der Waals surface area contributed by atoms with Crippen LogP contribution < -0.4 is 0 Å². The third-order valence-electron chi connectivity index (χ3n) is 1.54. The lowest BCUT2D eigenvalue weighted by Crippen LogP contribution is -2.23. The average Bonchev–Trinajstić information content (AvgIpc) is 2.09. The first-order valence-electron chi connectivity index (χ1n) is 4.86. The van der Waals surface area contributed by atoms with Gasteiger partial charge in [0.05, 0.1) is 7.11 Å². The fourth-order valence-corrected chi connectivity index (χ4v) is 0.969. The van der Waals surface area contributed by atoms with Crippen molar-refractivity contribution in [3.8, 4) is 0 Å². The first-order valence-corrected chi connectivity index (χ1v) is 4.86. The second-order valence-corrected chi connectivity index (χ2v) is 4.14. The van der Waals surface area contributed by atoms with E-state index in [2.05, 4.69) is 5.16 Å². The topological polar surface area (TPSA) is 68.1 Å². The molecule has 0 saturated carbocycles. The van der Waals surface area contributed by atoms with Crippen molar-refractivity contribution in [1.29, 1.82) is 0 Å². The number of oxime groups is 1. The molecule has 0 aliphatic heterocycles. The van der Waals surface area contributed by atoms with Crippen molar-refractivity contribution in [3.63, 3.8) is 0 Å². The molecule has 0 spiro atoms. The number of ether oxygens (including phenoxy) is 2. The van der Waals surface area contributed by atoms with Crippen LogP contribution in [0, 0.1) is 0 Å². The molecule has 0 rings (SSSR count). The van der Waals surface area contributed by atoms with Crippen LogP contribution in [0.1, 0.15) is 40.0 Å². The van der Waals surface area contributed by atoms with E-state index in [0.29, 0.717) is 19.3 Å². The van der Waals surface area contributed by atoms with Gasteiger partial charge in [-0.3, -0.25) is 4.79 Å². The lowest BCUT2D eigenvalue weighted by molar-refractivity contribution is -0.154. The van der Waals surface area contributed by atoms with Crippen molar-refractivity contribution < 1.29 is 19.5 Å². The molecule has 5 nitrogen and oxygen atoms in total. The third kappa shape index (κ3) is 7.78. The smallest absolute Gasteiger partial charge is 0.306 e. The quantitative estimate of drug-likeness (QED) is 0.257. The summed E-state index contributed by atoms with van der Waals surface area (Å²) < 4.78 is 9.83. The second-order valence-electron chi connectivity index (χ2n) is 4.14. The minimum Gasteiger partial charge on any atom is -0.482 e. The zero-order valence-electron chi connectivity index (χ0n) is 9.74. The van der Waals surface area contributed by atoms with Gasteiger partial charge in [-0.2, -0.15) is 0 Å². The van der Waals surface area contributed by atoms with Crippen molar-refractivity contribution in [2.45, 2.75) is 45.6 Å². The van der Waals surface area contributed by atoms with Crippen molar-refractivity contribution in [2.75, 3.05) is 7.11 Å². The second kappa shape index (κ2) is 6.27. The maximum Gasteiger partial charge on any atom is 0.306 e. The Morgan fingerprint density at radius 1 is 1.33 bits per heavy atom. The van der Waals surface area contributed by atoms with Gasteiger partial charge in [-0.15, -0.1) is 0 Å². The number of carbonyl (C=O) groups excluding carboxylic acids is 1. The highest BCUT2D eigenvalue weighted by Crippen LogP contribution is 2.10. The van der Waals surface area contributed by atoms with Gasteiger partial charge in [0.25, 0.3) is 0 Å². The minimum absolute atomic E-state index is 0.221. The predicted molar refractivity (Wildman–Crippen MR) is 55.9 cm³/mol. The lowest BCUT2D eigenvalue weighted by Gasteiger charge is -2.19. The molecular formula is C10H19NO4. The molecule has 0 aromatic rings. The molecule has 15 heavy (non-hydrogen) atoms. The normalized spacial score (nSPS) is 12.4. The number of rotatable bonds is 4. The Labute approximate surface area is 90.1 Å². The zero-order chi connectivity index (χ0) is 11.9. The van der Waals surface area contributed by atoms with Crippen LogP contribution in [0.5, 0.6) is 0 Å². The van der Waals surface area contributed by atoms with E-state index in [1.807, 2.05) is 20.8 Å². The van der Waals surface area contributed by atoms with Crippen LogP contribution in [-0.4, -0.2) is 29.8 Å². The maximum atomic E-state index is 11.3. The van der Waals surface area contributed by atoms with Gasteiger partial charge in [0, 0.05) is 12.8 Å². The van der Waals surface area contributed by atoms with E-state index in [1.165, 1.54) is 7.11 Å². The molecule has 0 bridgehead atoms. The number of hydrogen-bond acceptors (Lipinski definition) is 5. The molecule has 0 atom stereocenters. The molecule has 0 radical (unpaired) electrons. The van der Waals surface area contributed by atoms with E-state index in [4.69, 9.17) is 14.7 Å². The summed E-state index contributed by atoms with van der Waals surface area (Å²) in [4.78, 5) is 11.3. The van der Waals surface area contributed by atoms with Crippen molar-refractivity contribution in [1.82, 2.24) is 0 Å².